The molecule has 0 fully saturated rings. The van der Waals surface area contributed by atoms with E-state index in [1.165, 1.54) is 0 Å². The van der Waals surface area contributed by atoms with E-state index in [4.69, 9.17) is 0 Å². The van der Waals surface area contributed by atoms with Crippen LogP contribution in [0, 0.1) is 13.8 Å². The van der Waals surface area contributed by atoms with Crippen molar-refractivity contribution in [1.82, 2.24) is 9.97 Å². The van der Waals surface area contributed by atoms with E-state index in [2.05, 4.69) is 25.9 Å². The maximum Gasteiger partial charge on any atom is 0.254 e. The van der Waals surface area contributed by atoms with E-state index < -0.39 is 0 Å². The van der Waals surface area contributed by atoms with Crippen molar-refractivity contribution >= 4 is 15.9 Å². The van der Waals surface area contributed by atoms with Crippen LogP contribution in [0.25, 0.3) is 0 Å². The minimum atomic E-state index is -0.0560. The van der Waals surface area contributed by atoms with E-state index in [-0.39, 0.29) is 5.56 Å². The molecule has 4 heteroatoms. The number of benzene rings is 1. The molecular weight excluding hydrogens is 280 g/mol. The zero-order valence-corrected chi connectivity index (χ0v) is 11.3. The second kappa shape index (κ2) is 4.84. The van der Waals surface area contributed by atoms with Crippen LogP contribution in [-0.4, -0.2) is 9.97 Å². The number of H-pyrrole nitrogens is 1. The van der Waals surface area contributed by atoms with E-state index in [0.717, 1.165) is 15.7 Å². The lowest BCUT2D eigenvalue weighted by Gasteiger charge is -2.06. The predicted octanol–water partition coefficient (Wildman–Crippen LogP) is 2.74. The van der Waals surface area contributed by atoms with Crippen LogP contribution < -0.4 is 5.56 Å². The molecule has 0 aliphatic rings. The number of aromatic nitrogens is 2. The molecule has 1 aromatic heterocycles. The quantitative estimate of drug-likeness (QED) is 0.925. The molecule has 0 saturated carbocycles. The largest absolute Gasteiger partial charge is 0.310 e. The molecule has 17 heavy (non-hydrogen) atoms. The molecule has 88 valence electrons. The van der Waals surface area contributed by atoms with Gasteiger partial charge >= 0.3 is 0 Å². The van der Waals surface area contributed by atoms with Crippen molar-refractivity contribution in [3.63, 3.8) is 0 Å². The molecule has 1 aromatic carbocycles. The lowest BCUT2D eigenvalue weighted by Crippen LogP contribution is -2.16. The maximum absolute atomic E-state index is 11.6. The van der Waals surface area contributed by atoms with Crippen LogP contribution in [0.1, 0.15) is 22.6 Å². The summed E-state index contributed by atoms with van der Waals surface area (Å²) in [6, 6.07) is 7.93. The molecule has 0 atom stereocenters. The van der Waals surface area contributed by atoms with Crippen LogP contribution in [-0.2, 0) is 6.42 Å². The molecule has 0 saturated heterocycles. The molecule has 0 aliphatic heterocycles. The highest BCUT2D eigenvalue weighted by Crippen LogP contribution is 2.17. The fraction of sp³-hybridized carbons (Fsp3) is 0.231. The van der Waals surface area contributed by atoms with Crippen molar-refractivity contribution < 1.29 is 0 Å². The molecule has 1 heterocycles. The van der Waals surface area contributed by atoms with Gasteiger partial charge in [0.1, 0.15) is 5.82 Å². The van der Waals surface area contributed by atoms with Crippen LogP contribution in [0.4, 0.5) is 0 Å². The zero-order chi connectivity index (χ0) is 12.4. The number of aryl methyl sites for hydroxylation is 1. The molecule has 0 bridgehead atoms. The minimum Gasteiger partial charge on any atom is -0.310 e. The molecule has 3 nitrogen and oxygen atoms in total. The van der Waals surface area contributed by atoms with Crippen LogP contribution in [0.5, 0.6) is 0 Å². The van der Waals surface area contributed by atoms with Crippen molar-refractivity contribution in [3.8, 4) is 0 Å². The summed E-state index contributed by atoms with van der Waals surface area (Å²) in [5, 5.41) is 0. The third-order valence-corrected chi connectivity index (χ3v) is 3.53. The number of aromatic amines is 1. The SMILES string of the molecule is Cc1nc(Cc2ccccc2Br)[nH]c(=O)c1C. The van der Waals surface area contributed by atoms with E-state index in [1.807, 2.05) is 31.2 Å². The first-order chi connectivity index (χ1) is 8.08. The van der Waals surface area contributed by atoms with Crippen LogP contribution in [0.3, 0.4) is 0 Å². The first-order valence-corrected chi connectivity index (χ1v) is 6.17. The molecule has 0 spiro atoms. The monoisotopic (exact) mass is 292 g/mol. The number of nitrogens with one attached hydrogen (secondary N) is 1. The van der Waals surface area contributed by atoms with Crippen LogP contribution >= 0.6 is 15.9 Å². The number of nitrogens with zero attached hydrogens (tertiary/aromatic N) is 1. The Balaban J connectivity index is 2.38. The fourth-order valence-corrected chi connectivity index (χ4v) is 2.03. The van der Waals surface area contributed by atoms with Crippen molar-refractivity contribution in [1.29, 1.82) is 0 Å². The minimum absolute atomic E-state index is 0.0560. The summed E-state index contributed by atoms with van der Waals surface area (Å²) >= 11 is 3.49. The van der Waals surface area contributed by atoms with Gasteiger partial charge in [0.15, 0.2) is 0 Å². The highest BCUT2D eigenvalue weighted by molar-refractivity contribution is 9.10. The van der Waals surface area contributed by atoms with Gasteiger partial charge < -0.3 is 4.98 Å². The second-order valence-electron chi connectivity index (χ2n) is 3.99. The Morgan fingerprint density at radius 3 is 2.65 bits per heavy atom. The smallest absolute Gasteiger partial charge is 0.254 e. The predicted molar refractivity (Wildman–Crippen MR) is 71.3 cm³/mol. The molecule has 1 N–H and O–H groups in total. The first kappa shape index (κ1) is 12.0. The molecule has 0 radical (unpaired) electrons. The summed E-state index contributed by atoms with van der Waals surface area (Å²) in [6.07, 6.45) is 0.623. The Hall–Kier alpha value is -1.42. The van der Waals surface area contributed by atoms with Gasteiger partial charge in [-0.25, -0.2) is 4.98 Å². The van der Waals surface area contributed by atoms with E-state index in [0.29, 0.717) is 17.8 Å². The topological polar surface area (TPSA) is 45.8 Å². The number of hydrogen-bond donors (Lipinski definition) is 1. The van der Waals surface area contributed by atoms with Gasteiger partial charge in [-0.15, -0.1) is 0 Å². The highest BCUT2D eigenvalue weighted by Gasteiger charge is 2.06. The van der Waals surface area contributed by atoms with Gasteiger partial charge in [-0.2, -0.15) is 0 Å². The van der Waals surface area contributed by atoms with Crippen molar-refractivity contribution in [2.75, 3.05) is 0 Å². The Morgan fingerprint density at radius 1 is 1.29 bits per heavy atom. The van der Waals surface area contributed by atoms with Gasteiger partial charge in [0.25, 0.3) is 5.56 Å². The number of halogens is 1. The Labute approximate surface area is 108 Å². The molecular formula is C13H13BrN2O. The fourth-order valence-electron chi connectivity index (χ4n) is 1.61. The van der Waals surface area contributed by atoms with E-state index in [1.54, 1.807) is 6.92 Å². The van der Waals surface area contributed by atoms with Gasteiger partial charge in [0.05, 0.1) is 0 Å². The standard InChI is InChI=1S/C13H13BrN2O/c1-8-9(2)15-12(16-13(8)17)7-10-5-3-4-6-11(10)14/h3-6H,7H2,1-2H3,(H,15,16,17). The normalized spacial score (nSPS) is 10.5. The summed E-state index contributed by atoms with van der Waals surface area (Å²) in [5.41, 5.74) is 2.52. The lowest BCUT2D eigenvalue weighted by molar-refractivity contribution is 0.900. The van der Waals surface area contributed by atoms with Crippen molar-refractivity contribution in [2.24, 2.45) is 0 Å². The second-order valence-corrected chi connectivity index (χ2v) is 4.85. The molecule has 0 aliphatic carbocycles. The summed E-state index contributed by atoms with van der Waals surface area (Å²) in [7, 11) is 0. The Kier molecular flexibility index (Phi) is 3.43. The molecule has 2 aromatic rings. The first-order valence-electron chi connectivity index (χ1n) is 5.37. The summed E-state index contributed by atoms with van der Waals surface area (Å²) in [6.45, 7) is 3.64. The van der Waals surface area contributed by atoms with Gasteiger partial charge in [-0.1, -0.05) is 34.1 Å². The van der Waals surface area contributed by atoms with Crippen LogP contribution in [0.15, 0.2) is 33.5 Å². The van der Waals surface area contributed by atoms with Crippen molar-refractivity contribution in [3.05, 3.63) is 61.7 Å². The van der Waals surface area contributed by atoms with E-state index >= 15 is 0 Å². The van der Waals surface area contributed by atoms with Gasteiger partial charge in [0.2, 0.25) is 0 Å². The Morgan fingerprint density at radius 2 is 2.00 bits per heavy atom. The third kappa shape index (κ3) is 2.64. The number of rotatable bonds is 2. The average Bonchev–Trinajstić information content (AvgIpc) is 2.29. The lowest BCUT2D eigenvalue weighted by atomic mass is 10.1. The summed E-state index contributed by atoms with van der Waals surface area (Å²) in [4.78, 5) is 18.8. The summed E-state index contributed by atoms with van der Waals surface area (Å²) in [5.74, 6) is 0.699. The van der Waals surface area contributed by atoms with Crippen molar-refractivity contribution in [2.45, 2.75) is 20.3 Å². The van der Waals surface area contributed by atoms with Gasteiger partial charge in [-0.3, -0.25) is 4.79 Å². The molecule has 2 rings (SSSR count). The average molecular weight is 293 g/mol. The molecule has 0 unspecified atom stereocenters. The van der Waals surface area contributed by atoms with Gasteiger partial charge in [0, 0.05) is 22.2 Å². The van der Waals surface area contributed by atoms with Crippen LogP contribution in [0.2, 0.25) is 0 Å². The summed E-state index contributed by atoms with van der Waals surface area (Å²) < 4.78 is 1.03. The van der Waals surface area contributed by atoms with E-state index in [9.17, 15) is 4.79 Å². The molecule has 0 amide bonds. The Bertz CT molecular complexity index is 605. The maximum atomic E-state index is 11.6. The highest BCUT2D eigenvalue weighted by atomic mass is 79.9. The van der Waals surface area contributed by atoms with Gasteiger partial charge in [-0.05, 0) is 25.5 Å². The number of hydrogen-bond acceptors (Lipinski definition) is 2. The zero-order valence-electron chi connectivity index (χ0n) is 9.75. The third-order valence-electron chi connectivity index (χ3n) is 2.76.